The molecule has 44 heavy (non-hydrogen) atoms. The van der Waals surface area contributed by atoms with E-state index in [-0.39, 0.29) is 38.7 Å². The van der Waals surface area contributed by atoms with Gasteiger partial charge in [-0.3, -0.25) is 9.59 Å². The van der Waals surface area contributed by atoms with Crippen LogP contribution in [0.3, 0.4) is 0 Å². The van der Waals surface area contributed by atoms with E-state index >= 15 is 0 Å². The van der Waals surface area contributed by atoms with Gasteiger partial charge in [-0.2, -0.15) is 0 Å². The van der Waals surface area contributed by atoms with Gasteiger partial charge in [0, 0.05) is 92.3 Å². The van der Waals surface area contributed by atoms with Gasteiger partial charge in [-0.1, -0.05) is 37.2 Å². The summed E-state index contributed by atoms with van der Waals surface area (Å²) >= 11 is 0. The Kier molecular flexibility index (Phi) is 9.68. The number of pyridine rings is 1. The van der Waals surface area contributed by atoms with Crippen LogP contribution in [-0.4, -0.2) is 47.6 Å². The summed E-state index contributed by atoms with van der Waals surface area (Å²) in [6.07, 6.45) is 3.26. The summed E-state index contributed by atoms with van der Waals surface area (Å²) in [5, 5.41) is 4.05. The third-order valence-electron chi connectivity index (χ3n) is 6.97. The summed E-state index contributed by atoms with van der Waals surface area (Å²) in [6.45, 7) is 2.60. The number of aromatic amines is 1. The molecule has 0 spiro atoms. The number of methoxy groups -OCH3 is 1. The summed E-state index contributed by atoms with van der Waals surface area (Å²) in [5.41, 5.74) is 1.17. The number of rotatable bonds is 7. The Morgan fingerprint density at radius 1 is 0.886 bits per heavy atom. The van der Waals surface area contributed by atoms with Crippen molar-refractivity contribution >= 4 is 51.3 Å². The molecule has 0 bridgehead atoms. The monoisotopic (exact) mass is 659 g/mol. The van der Waals surface area contributed by atoms with Gasteiger partial charge in [0.1, 0.15) is 22.5 Å². The Morgan fingerprint density at radius 3 is 2.43 bits per heavy atom. The van der Waals surface area contributed by atoms with Gasteiger partial charge in [0.2, 0.25) is 0 Å². The smallest absolute Gasteiger partial charge is 0.265 e. The second-order valence-electron chi connectivity index (χ2n) is 9.47. The molecule has 0 unspecified atom stereocenters. The summed E-state index contributed by atoms with van der Waals surface area (Å²) < 4.78 is 18.2. The number of aromatic nitrogens is 4. The van der Waals surface area contributed by atoms with E-state index in [9.17, 15) is 9.59 Å². The van der Waals surface area contributed by atoms with E-state index in [2.05, 4.69) is 34.1 Å². The minimum atomic E-state index is -0.429. The molecule has 7 aromatic rings. The number of benzene rings is 4. The molecule has 4 aromatic carbocycles. The molecule has 3 aromatic heterocycles. The molecule has 0 aliphatic heterocycles. The van der Waals surface area contributed by atoms with Crippen molar-refractivity contribution in [1.29, 1.82) is 0 Å². The van der Waals surface area contributed by atoms with Crippen molar-refractivity contribution < 1.29 is 46.6 Å². The minimum Gasteiger partial charge on any atom is -0.485 e. The third-order valence-corrected chi connectivity index (χ3v) is 6.97. The quantitative estimate of drug-likeness (QED) is 0.0866. The largest absolute Gasteiger partial charge is 0.485 e. The number of fused-ring (bicyclic) bond motifs is 2. The number of H-pyrrole nitrogens is 1. The van der Waals surface area contributed by atoms with Crippen molar-refractivity contribution in [2.45, 2.75) is 13.2 Å². The molecule has 12 heteroatoms. The standard InChI is InChI=1S/C31H22N5O5.CH3B.Y/c1-39-15-5-14-32-30-33-17-34-31(35-30)40-19-7-4-6-18(16-19)36-28(37)22-11-10-21-20-8-2-3-9-24(20)41-25-13-12-23(29(36)38)26(22)27(21)25;1-2;/h2-4,6-13,16H,5,14-15H2,1H3,(H,32,33,34,35);1H3;/q-1;;. The fourth-order valence-corrected chi connectivity index (χ4v) is 5.18. The number of nitrogens with zero attached hydrogens (tertiary/aromatic N) is 4. The van der Waals surface area contributed by atoms with Gasteiger partial charge in [0.05, 0.1) is 13.5 Å². The molecular formula is C32H25BN5O5Y-. The second-order valence-corrected chi connectivity index (χ2v) is 9.47. The van der Waals surface area contributed by atoms with Crippen LogP contribution in [0.15, 0.2) is 91.8 Å². The van der Waals surface area contributed by atoms with Gasteiger partial charge in [-0.25, -0.2) is 4.57 Å². The maximum Gasteiger partial charge on any atom is 0.265 e. The van der Waals surface area contributed by atoms with Gasteiger partial charge < -0.3 is 33.8 Å². The first-order valence-electron chi connectivity index (χ1n) is 13.6. The third kappa shape index (κ3) is 5.70. The predicted octanol–water partition coefficient (Wildman–Crippen LogP) is 4.69. The zero-order valence-corrected chi connectivity index (χ0v) is 26.9. The first-order valence-corrected chi connectivity index (χ1v) is 13.6. The molecule has 0 aliphatic rings. The summed E-state index contributed by atoms with van der Waals surface area (Å²) in [6, 6.07) is 21.7. The van der Waals surface area contributed by atoms with Crippen LogP contribution in [-0.2, 0) is 37.4 Å². The average Bonchev–Trinajstić information content (AvgIpc) is 3.04. The van der Waals surface area contributed by atoms with Crippen LogP contribution in [0.4, 0.5) is 0 Å². The number of hydrogen-bond acceptors (Lipinski definition) is 8. The first-order chi connectivity index (χ1) is 21.1. The van der Waals surface area contributed by atoms with Crippen molar-refractivity contribution in [3.63, 3.8) is 0 Å². The van der Waals surface area contributed by atoms with Gasteiger partial charge in [0.25, 0.3) is 11.1 Å². The van der Waals surface area contributed by atoms with Crippen LogP contribution in [0, 0.1) is 6.33 Å². The Bertz CT molecular complexity index is 2250. The molecule has 3 heterocycles. The molecule has 0 atom stereocenters. The fraction of sp³-hybridized carbons (Fsp3) is 0.156. The van der Waals surface area contributed by atoms with E-state index < -0.39 is 11.1 Å². The summed E-state index contributed by atoms with van der Waals surface area (Å²) in [4.78, 5) is 42.8. The van der Waals surface area contributed by atoms with E-state index in [0.717, 1.165) is 32.7 Å². The number of hydrogen-bond donors (Lipinski definition) is 1. The average molecular weight is 659 g/mol. The van der Waals surface area contributed by atoms with Crippen molar-refractivity contribution in [3.05, 3.63) is 105 Å². The van der Waals surface area contributed by atoms with E-state index in [4.69, 9.17) is 13.9 Å². The minimum absolute atomic E-state index is 0. The molecule has 10 nitrogen and oxygen atoms in total. The second kappa shape index (κ2) is 13.6. The molecule has 0 aliphatic carbocycles. The first kappa shape index (κ1) is 31.3. The number of nitrogens with one attached hydrogen (secondary N) is 1. The topological polar surface area (TPSA) is 125 Å². The Labute approximate surface area is 277 Å². The van der Waals surface area contributed by atoms with Crippen molar-refractivity contribution in [3.8, 4) is 17.4 Å². The molecule has 215 valence electrons. The fourth-order valence-electron chi connectivity index (χ4n) is 5.18. The number of ether oxygens (including phenoxy) is 2. The number of para-hydroxylation sites is 1. The van der Waals surface area contributed by atoms with Crippen LogP contribution < -0.4 is 21.5 Å². The molecule has 7 rings (SSSR count). The van der Waals surface area contributed by atoms with Crippen LogP contribution in [0.1, 0.15) is 6.42 Å². The molecule has 1 N–H and O–H groups in total. The van der Waals surface area contributed by atoms with E-state index in [1.807, 2.05) is 30.3 Å². The molecule has 0 amide bonds. The van der Waals surface area contributed by atoms with Crippen LogP contribution in [0.2, 0.25) is 6.82 Å². The maximum absolute atomic E-state index is 13.8. The van der Waals surface area contributed by atoms with Crippen molar-refractivity contribution in [2.75, 3.05) is 20.3 Å². The SMILES string of the molecule is COCCCN=c1n[c-]nc(Oc2cccc(-n3c(=O)c4ccc5oc6ccccc6c6ccc(c3=O)c4c56)c2)[nH]1.[B]C.[Y]. The molecule has 0 saturated carbocycles. The van der Waals surface area contributed by atoms with Crippen LogP contribution >= 0.6 is 0 Å². The molecule has 3 radical (unpaired) electrons. The maximum atomic E-state index is 13.8. The Morgan fingerprint density at radius 2 is 1.64 bits per heavy atom. The van der Waals surface area contributed by atoms with Gasteiger partial charge in [-0.15, -0.1) is 0 Å². The normalized spacial score (nSPS) is 11.5. The van der Waals surface area contributed by atoms with Crippen molar-refractivity contribution in [2.24, 2.45) is 4.99 Å². The zero-order chi connectivity index (χ0) is 29.9. The van der Waals surface area contributed by atoms with E-state index in [0.29, 0.717) is 51.9 Å². The Hall–Kier alpha value is -4.18. The zero-order valence-electron chi connectivity index (χ0n) is 24.0. The van der Waals surface area contributed by atoms with Gasteiger partial charge in [-0.05, 0) is 48.2 Å². The van der Waals surface area contributed by atoms with Crippen LogP contribution in [0.25, 0.3) is 49.2 Å². The van der Waals surface area contributed by atoms with Gasteiger partial charge >= 0.3 is 0 Å². The summed E-state index contributed by atoms with van der Waals surface area (Å²) in [7, 11) is 6.13. The Balaban J connectivity index is 0.00000126. The van der Waals surface area contributed by atoms with Crippen LogP contribution in [0.5, 0.6) is 11.8 Å². The van der Waals surface area contributed by atoms with E-state index in [1.165, 1.54) is 6.82 Å². The summed E-state index contributed by atoms with van der Waals surface area (Å²) in [5.74, 6) is 0.359. The molecular weight excluding hydrogens is 634 g/mol. The van der Waals surface area contributed by atoms with Gasteiger partial charge in [0.15, 0.2) is 6.01 Å². The molecule has 0 saturated heterocycles. The molecule has 0 fully saturated rings. The van der Waals surface area contributed by atoms with E-state index in [1.54, 1.807) is 49.6 Å². The predicted molar refractivity (Wildman–Crippen MR) is 166 cm³/mol. The van der Waals surface area contributed by atoms with Crippen molar-refractivity contribution in [1.82, 2.24) is 19.5 Å².